The monoisotopic (exact) mass is 316 g/mol. The molecule has 0 aromatic heterocycles. The normalized spacial score (nSPS) is 10.8. The van der Waals surface area contributed by atoms with E-state index in [4.69, 9.17) is 4.74 Å². The van der Waals surface area contributed by atoms with Crippen molar-refractivity contribution in [3.63, 3.8) is 0 Å². The average molecular weight is 316 g/mol. The van der Waals surface area contributed by atoms with Crippen LogP contribution in [0.15, 0.2) is 84.9 Å². The molecular weight excluding hydrogens is 292 g/mol. The van der Waals surface area contributed by atoms with E-state index in [1.54, 1.807) is 0 Å². The van der Waals surface area contributed by atoms with Crippen molar-refractivity contribution >= 4 is 0 Å². The summed E-state index contributed by atoms with van der Waals surface area (Å²) in [6.45, 7) is 2.88. The number of hydrogen-bond donors (Lipinski definition) is 0. The Labute approximate surface area is 144 Å². The van der Waals surface area contributed by atoms with Gasteiger partial charge in [0, 0.05) is 5.92 Å². The summed E-state index contributed by atoms with van der Waals surface area (Å²) in [5.41, 5.74) is 4.00. The summed E-state index contributed by atoms with van der Waals surface area (Å²) in [5.74, 6) is 1.33. The van der Waals surface area contributed by atoms with Gasteiger partial charge in [-0.05, 0) is 41.7 Å². The topological polar surface area (TPSA) is 9.23 Å². The lowest BCUT2D eigenvalue weighted by Gasteiger charge is -2.18. The van der Waals surface area contributed by atoms with Crippen LogP contribution in [0, 0.1) is 0 Å². The Morgan fingerprint density at radius 3 is 1.96 bits per heavy atom. The third-order valence-corrected chi connectivity index (χ3v) is 4.39. The number of aryl methyl sites for hydroxylation is 1. The highest BCUT2D eigenvalue weighted by atomic mass is 16.5. The largest absolute Gasteiger partial charge is 0.494 e. The van der Waals surface area contributed by atoms with Gasteiger partial charge in [-0.15, -0.1) is 0 Å². The first-order chi connectivity index (χ1) is 11.9. The zero-order valence-electron chi connectivity index (χ0n) is 14.2. The Morgan fingerprint density at radius 1 is 0.750 bits per heavy atom. The van der Waals surface area contributed by atoms with Crippen molar-refractivity contribution in [1.29, 1.82) is 0 Å². The molecule has 0 amide bonds. The van der Waals surface area contributed by atoms with E-state index in [1.165, 1.54) is 16.7 Å². The maximum atomic E-state index is 6.02. The summed E-state index contributed by atoms with van der Waals surface area (Å²) >= 11 is 0. The standard InChI is InChI=1S/C23H24O/c1-2-19-10-9-15-22(18-19)24-17-16-23(20-11-5-3-6-12-20)21-13-7-4-8-14-21/h3-15,18,23H,2,16-17H2,1H3. The predicted octanol–water partition coefficient (Wildman–Crippen LogP) is 5.85. The van der Waals surface area contributed by atoms with Gasteiger partial charge in [0.05, 0.1) is 6.61 Å². The highest BCUT2D eigenvalue weighted by molar-refractivity contribution is 5.32. The average Bonchev–Trinajstić information content (AvgIpc) is 2.67. The molecule has 122 valence electrons. The summed E-state index contributed by atoms with van der Waals surface area (Å²) in [7, 11) is 0. The molecule has 0 heterocycles. The van der Waals surface area contributed by atoms with E-state index < -0.39 is 0 Å². The molecule has 0 N–H and O–H groups in total. The zero-order chi connectivity index (χ0) is 16.6. The Hall–Kier alpha value is -2.54. The fraction of sp³-hybridized carbons (Fsp3) is 0.217. The van der Waals surface area contributed by atoms with Crippen molar-refractivity contribution in [3.05, 3.63) is 102 Å². The van der Waals surface area contributed by atoms with Crippen molar-refractivity contribution in [3.8, 4) is 5.75 Å². The Kier molecular flexibility index (Phi) is 5.68. The highest BCUT2D eigenvalue weighted by Gasteiger charge is 2.13. The first-order valence-electron chi connectivity index (χ1n) is 8.68. The fourth-order valence-corrected chi connectivity index (χ4v) is 3.05. The van der Waals surface area contributed by atoms with Crippen molar-refractivity contribution in [2.75, 3.05) is 6.61 Å². The molecule has 0 atom stereocenters. The molecule has 0 aliphatic carbocycles. The molecule has 3 aromatic rings. The predicted molar refractivity (Wildman–Crippen MR) is 101 cm³/mol. The molecule has 0 unspecified atom stereocenters. The van der Waals surface area contributed by atoms with Gasteiger partial charge in [-0.1, -0.05) is 79.7 Å². The number of ether oxygens (including phenoxy) is 1. The lowest BCUT2D eigenvalue weighted by atomic mass is 9.89. The van der Waals surface area contributed by atoms with Crippen LogP contribution in [0.1, 0.15) is 36.0 Å². The molecule has 3 aromatic carbocycles. The van der Waals surface area contributed by atoms with Crippen molar-refractivity contribution < 1.29 is 4.74 Å². The van der Waals surface area contributed by atoms with Gasteiger partial charge in [0.25, 0.3) is 0 Å². The van der Waals surface area contributed by atoms with Crippen molar-refractivity contribution in [2.45, 2.75) is 25.7 Å². The maximum Gasteiger partial charge on any atom is 0.119 e. The molecule has 0 saturated carbocycles. The minimum Gasteiger partial charge on any atom is -0.494 e. The molecule has 3 rings (SSSR count). The van der Waals surface area contributed by atoms with E-state index in [9.17, 15) is 0 Å². The lowest BCUT2D eigenvalue weighted by Crippen LogP contribution is -2.07. The fourth-order valence-electron chi connectivity index (χ4n) is 3.05. The van der Waals surface area contributed by atoms with Gasteiger partial charge in [0.1, 0.15) is 5.75 Å². The Bertz CT molecular complexity index is 695. The Morgan fingerprint density at radius 2 is 1.38 bits per heavy atom. The van der Waals surface area contributed by atoms with Gasteiger partial charge < -0.3 is 4.74 Å². The van der Waals surface area contributed by atoms with Crippen molar-refractivity contribution in [2.24, 2.45) is 0 Å². The quantitative estimate of drug-likeness (QED) is 0.531. The summed E-state index contributed by atoms with van der Waals surface area (Å²) in [6, 6.07) is 29.8. The van der Waals surface area contributed by atoms with E-state index in [0.717, 1.165) is 18.6 Å². The van der Waals surface area contributed by atoms with Crippen LogP contribution in [0.25, 0.3) is 0 Å². The maximum absolute atomic E-state index is 6.02. The molecule has 24 heavy (non-hydrogen) atoms. The second-order valence-electron chi connectivity index (χ2n) is 6.01. The first-order valence-corrected chi connectivity index (χ1v) is 8.68. The van der Waals surface area contributed by atoms with Crippen LogP contribution in [-0.4, -0.2) is 6.61 Å². The third kappa shape index (κ3) is 4.26. The molecule has 0 bridgehead atoms. The molecule has 0 aliphatic heterocycles. The summed E-state index contributed by atoms with van der Waals surface area (Å²) in [4.78, 5) is 0. The SMILES string of the molecule is CCc1cccc(OCCC(c2ccccc2)c2ccccc2)c1. The molecule has 0 radical (unpaired) electrons. The third-order valence-electron chi connectivity index (χ3n) is 4.39. The Balaban J connectivity index is 1.71. The summed E-state index contributed by atoms with van der Waals surface area (Å²) < 4.78 is 6.02. The van der Waals surface area contributed by atoms with E-state index in [-0.39, 0.29) is 0 Å². The van der Waals surface area contributed by atoms with E-state index in [2.05, 4.69) is 85.8 Å². The second kappa shape index (κ2) is 8.35. The molecule has 0 fully saturated rings. The highest BCUT2D eigenvalue weighted by Crippen LogP contribution is 2.28. The zero-order valence-corrected chi connectivity index (χ0v) is 14.2. The van der Waals surface area contributed by atoms with E-state index >= 15 is 0 Å². The van der Waals surface area contributed by atoms with Crippen LogP contribution in [-0.2, 0) is 6.42 Å². The smallest absolute Gasteiger partial charge is 0.119 e. The van der Waals surface area contributed by atoms with Gasteiger partial charge in [-0.3, -0.25) is 0 Å². The molecule has 0 saturated heterocycles. The van der Waals surface area contributed by atoms with Crippen LogP contribution < -0.4 is 4.74 Å². The number of benzene rings is 3. The van der Waals surface area contributed by atoms with Gasteiger partial charge in [0.2, 0.25) is 0 Å². The molecule has 1 nitrogen and oxygen atoms in total. The van der Waals surface area contributed by atoms with Crippen molar-refractivity contribution in [1.82, 2.24) is 0 Å². The van der Waals surface area contributed by atoms with Crippen LogP contribution in [0.3, 0.4) is 0 Å². The molecule has 0 spiro atoms. The van der Waals surface area contributed by atoms with E-state index in [1.807, 2.05) is 6.07 Å². The van der Waals surface area contributed by atoms with Gasteiger partial charge in [0.15, 0.2) is 0 Å². The minimum atomic E-state index is 0.363. The van der Waals surface area contributed by atoms with Gasteiger partial charge in [-0.25, -0.2) is 0 Å². The summed E-state index contributed by atoms with van der Waals surface area (Å²) in [5, 5.41) is 0. The number of rotatable bonds is 7. The molecular formula is C23H24O. The van der Waals surface area contributed by atoms with Crippen LogP contribution in [0.2, 0.25) is 0 Å². The summed E-state index contributed by atoms with van der Waals surface area (Å²) in [6.07, 6.45) is 2.00. The molecule has 1 heteroatoms. The number of hydrogen-bond acceptors (Lipinski definition) is 1. The molecule has 0 aliphatic rings. The van der Waals surface area contributed by atoms with E-state index in [0.29, 0.717) is 12.5 Å². The van der Waals surface area contributed by atoms with Gasteiger partial charge in [-0.2, -0.15) is 0 Å². The first kappa shape index (κ1) is 16.3. The van der Waals surface area contributed by atoms with Crippen LogP contribution in [0.4, 0.5) is 0 Å². The van der Waals surface area contributed by atoms with Crippen LogP contribution >= 0.6 is 0 Å². The minimum absolute atomic E-state index is 0.363. The van der Waals surface area contributed by atoms with Gasteiger partial charge >= 0.3 is 0 Å². The lowest BCUT2D eigenvalue weighted by molar-refractivity contribution is 0.303. The second-order valence-corrected chi connectivity index (χ2v) is 6.01. The van der Waals surface area contributed by atoms with Crippen LogP contribution in [0.5, 0.6) is 5.75 Å².